The van der Waals surface area contributed by atoms with E-state index in [2.05, 4.69) is 10.0 Å². The van der Waals surface area contributed by atoms with Gasteiger partial charge in [0.15, 0.2) is 0 Å². The fourth-order valence-electron chi connectivity index (χ4n) is 3.01. The molecule has 3 rings (SSSR count). The molecule has 1 amide bonds. The summed E-state index contributed by atoms with van der Waals surface area (Å²) in [5.41, 5.74) is 1.20. The largest absolute Gasteiger partial charge is 0.497 e. The first-order chi connectivity index (χ1) is 13.9. The van der Waals surface area contributed by atoms with Crippen molar-refractivity contribution in [3.63, 3.8) is 0 Å². The molecule has 0 saturated heterocycles. The number of ether oxygens (including phenoxy) is 2. The molecule has 29 heavy (non-hydrogen) atoms. The Labute approximate surface area is 171 Å². The maximum atomic E-state index is 12.8. The van der Waals surface area contributed by atoms with Crippen molar-refractivity contribution >= 4 is 15.9 Å². The monoisotopic (exact) mass is 418 g/mol. The molecule has 0 aliphatic heterocycles. The van der Waals surface area contributed by atoms with Gasteiger partial charge in [-0.05, 0) is 55.2 Å². The van der Waals surface area contributed by atoms with Crippen molar-refractivity contribution in [3.05, 3.63) is 53.6 Å². The van der Waals surface area contributed by atoms with E-state index in [1.165, 1.54) is 19.2 Å². The quantitative estimate of drug-likeness (QED) is 0.653. The second-order valence-corrected chi connectivity index (χ2v) is 8.65. The second-order valence-electron chi connectivity index (χ2n) is 6.97. The minimum Gasteiger partial charge on any atom is -0.497 e. The van der Waals surface area contributed by atoms with Gasteiger partial charge in [-0.3, -0.25) is 4.79 Å². The number of carbonyl (C=O) groups excluding carboxylic acids is 1. The Morgan fingerprint density at radius 3 is 2.34 bits per heavy atom. The fraction of sp³-hybridized carbons (Fsp3) is 0.381. The molecule has 0 spiro atoms. The van der Waals surface area contributed by atoms with E-state index in [1.807, 2.05) is 31.2 Å². The molecule has 0 heterocycles. The highest BCUT2D eigenvalue weighted by molar-refractivity contribution is 7.89. The van der Waals surface area contributed by atoms with Gasteiger partial charge in [-0.2, -0.15) is 0 Å². The molecule has 1 aliphatic carbocycles. The Kier molecular flexibility index (Phi) is 6.44. The number of rotatable bonds is 9. The lowest BCUT2D eigenvalue weighted by Gasteiger charge is -2.18. The molecule has 156 valence electrons. The zero-order valence-electron chi connectivity index (χ0n) is 16.8. The summed E-state index contributed by atoms with van der Waals surface area (Å²) in [4.78, 5) is 12.8. The van der Waals surface area contributed by atoms with Crippen LogP contribution >= 0.6 is 0 Å². The van der Waals surface area contributed by atoms with E-state index in [0.29, 0.717) is 6.42 Å². The van der Waals surface area contributed by atoms with Crippen LogP contribution in [0.1, 0.15) is 48.1 Å². The Bertz CT molecular complexity index is 969. The first kappa shape index (κ1) is 21.1. The molecule has 8 heteroatoms. The lowest BCUT2D eigenvalue weighted by atomic mass is 10.0. The van der Waals surface area contributed by atoms with Crippen LogP contribution in [0.15, 0.2) is 47.4 Å². The average Bonchev–Trinajstić information content (AvgIpc) is 3.54. The number of amides is 1. The van der Waals surface area contributed by atoms with Crippen molar-refractivity contribution in [2.45, 2.75) is 43.2 Å². The smallest absolute Gasteiger partial charge is 0.251 e. The van der Waals surface area contributed by atoms with Gasteiger partial charge in [-0.25, -0.2) is 13.1 Å². The second kappa shape index (κ2) is 8.84. The number of hydrogen-bond donors (Lipinski definition) is 2. The zero-order chi connectivity index (χ0) is 21.0. The van der Waals surface area contributed by atoms with E-state index >= 15 is 0 Å². The van der Waals surface area contributed by atoms with Crippen molar-refractivity contribution < 1.29 is 22.7 Å². The predicted molar refractivity (Wildman–Crippen MR) is 110 cm³/mol. The summed E-state index contributed by atoms with van der Waals surface area (Å²) in [6.07, 6.45) is 2.33. The van der Waals surface area contributed by atoms with Gasteiger partial charge in [-0.1, -0.05) is 19.1 Å². The van der Waals surface area contributed by atoms with Crippen LogP contribution < -0.4 is 19.5 Å². The first-order valence-corrected chi connectivity index (χ1v) is 11.0. The standard InChI is InChI=1S/C21H26N2O5S/c1-4-18(14-5-10-17(27-2)11-6-14)22-21(24)15-7-12-19(28-3)20(13-15)29(25,26)23-16-8-9-16/h5-7,10-13,16,18,23H,4,8-9H2,1-3H3,(H,22,24). The van der Waals surface area contributed by atoms with Gasteiger partial charge in [0.25, 0.3) is 5.91 Å². The van der Waals surface area contributed by atoms with Gasteiger partial charge in [0.05, 0.1) is 20.3 Å². The molecule has 0 aromatic heterocycles. The fourth-order valence-corrected chi connectivity index (χ4v) is 4.51. The van der Waals surface area contributed by atoms with Crippen LogP contribution in [0.25, 0.3) is 0 Å². The topological polar surface area (TPSA) is 93.7 Å². The summed E-state index contributed by atoms with van der Waals surface area (Å²) >= 11 is 0. The van der Waals surface area contributed by atoms with Crippen LogP contribution in [0, 0.1) is 0 Å². The Balaban J connectivity index is 1.83. The summed E-state index contributed by atoms with van der Waals surface area (Å²) in [6, 6.07) is 11.7. The molecule has 0 bridgehead atoms. The molecular formula is C21H26N2O5S. The van der Waals surface area contributed by atoms with E-state index < -0.39 is 10.0 Å². The third kappa shape index (κ3) is 5.07. The first-order valence-electron chi connectivity index (χ1n) is 9.53. The molecule has 2 N–H and O–H groups in total. The molecule has 1 fully saturated rings. The SMILES string of the molecule is CCC(NC(=O)c1ccc(OC)c(S(=O)(=O)NC2CC2)c1)c1ccc(OC)cc1. The number of sulfonamides is 1. The van der Waals surface area contributed by atoms with Gasteiger partial charge in [0.2, 0.25) is 10.0 Å². The summed E-state index contributed by atoms with van der Waals surface area (Å²) in [5, 5.41) is 2.97. The van der Waals surface area contributed by atoms with E-state index in [1.54, 1.807) is 13.2 Å². The van der Waals surface area contributed by atoms with Crippen LogP contribution in [0.4, 0.5) is 0 Å². The highest BCUT2D eigenvalue weighted by Crippen LogP contribution is 2.29. The number of benzene rings is 2. The van der Waals surface area contributed by atoms with Crippen molar-refractivity contribution in [2.75, 3.05) is 14.2 Å². The lowest BCUT2D eigenvalue weighted by Crippen LogP contribution is -2.29. The van der Waals surface area contributed by atoms with E-state index in [9.17, 15) is 13.2 Å². The van der Waals surface area contributed by atoms with Gasteiger partial charge in [-0.15, -0.1) is 0 Å². The zero-order valence-corrected chi connectivity index (χ0v) is 17.6. The van der Waals surface area contributed by atoms with Crippen LogP contribution in [-0.2, 0) is 10.0 Å². The van der Waals surface area contributed by atoms with Gasteiger partial charge >= 0.3 is 0 Å². The molecule has 7 nitrogen and oxygen atoms in total. The Hall–Kier alpha value is -2.58. The minimum absolute atomic E-state index is 0.0305. The highest BCUT2D eigenvalue weighted by Gasteiger charge is 2.30. The number of methoxy groups -OCH3 is 2. The minimum atomic E-state index is -3.76. The average molecular weight is 419 g/mol. The van der Waals surface area contributed by atoms with Crippen LogP contribution in [0.5, 0.6) is 11.5 Å². The molecule has 0 radical (unpaired) electrons. The van der Waals surface area contributed by atoms with Crippen molar-refractivity contribution in [1.29, 1.82) is 0 Å². The number of hydrogen-bond acceptors (Lipinski definition) is 5. The highest BCUT2D eigenvalue weighted by atomic mass is 32.2. The van der Waals surface area contributed by atoms with Crippen molar-refractivity contribution in [1.82, 2.24) is 10.0 Å². The Morgan fingerprint density at radius 2 is 1.79 bits per heavy atom. The van der Waals surface area contributed by atoms with E-state index in [4.69, 9.17) is 9.47 Å². The third-order valence-corrected chi connectivity index (χ3v) is 6.39. The lowest BCUT2D eigenvalue weighted by molar-refractivity contribution is 0.0935. The molecule has 1 atom stereocenters. The van der Waals surface area contributed by atoms with Gasteiger partial charge in [0, 0.05) is 11.6 Å². The predicted octanol–water partition coefficient (Wildman–Crippen LogP) is 3.03. The Morgan fingerprint density at radius 1 is 1.10 bits per heavy atom. The van der Waals surface area contributed by atoms with Crippen LogP contribution in [0.2, 0.25) is 0 Å². The van der Waals surface area contributed by atoms with Crippen molar-refractivity contribution in [3.8, 4) is 11.5 Å². The molecule has 1 unspecified atom stereocenters. The maximum Gasteiger partial charge on any atom is 0.251 e. The summed E-state index contributed by atoms with van der Waals surface area (Å²) in [7, 11) is -0.755. The number of nitrogens with one attached hydrogen (secondary N) is 2. The van der Waals surface area contributed by atoms with Crippen molar-refractivity contribution in [2.24, 2.45) is 0 Å². The molecule has 1 aliphatic rings. The normalized spacial score (nSPS) is 14.9. The van der Waals surface area contributed by atoms with Crippen LogP contribution in [-0.4, -0.2) is 34.6 Å². The molecule has 2 aromatic rings. The van der Waals surface area contributed by atoms with Crippen LogP contribution in [0.3, 0.4) is 0 Å². The van der Waals surface area contributed by atoms with E-state index in [-0.39, 0.29) is 34.2 Å². The maximum absolute atomic E-state index is 12.8. The summed E-state index contributed by atoms with van der Waals surface area (Å²) in [5.74, 6) is 0.596. The molecule has 1 saturated carbocycles. The summed E-state index contributed by atoms with van der Waals surface area (Å²) < 4.78 is 38.3. The number of carbonyl (C=O) groups is 1. The van der Waals surface area contributed by atoms with Gasteiger partial charge in [0.1, 0.15) is 16.4 Å². The van der Waals surface area contributed by atoms with Gasteiger partial charge < -0.3 is 14.8 Å². The summed E-state index contributed by atoms with van der Waals surface area (Å²) in [6.45, 7) is 1.97. The molecule has 2 aromatic carbocycles. The van der Waals surface area contributed by atoms with E-state index in [0.717, 1.165) is 24.2 Å². The third-order valence-electron chi connectivity index (χ3n) is 4.85. The molecular weight excluding hydrogens is 392 g/mol.